The Labute approximate surface area is 266 Å². The lowest BCUT2D eigenvalue weighted by molar-refractivity contribution is -0.152. The highest BCUT2D eigenvalue weighted by molar-refractivity contribution is 5.91. The van der Waals surface area contributed by atoms with Crippen molar-refractivity contribution in [2.45, 2.75) is 90.0 Å². The molecule has 6 atom stereocenters. The molecule has 1 aromatic carbocycles. The van der Waals surface area contributed by atoms with E-state index >= 15 is 8.78 Å². The molecule has 13 heteroatoms. The van der Waals surface area contributed by atoms with Gasteiger partial charge in [0, 0.05) is 6.42 Å². The molecule has 2 fully saturated rings. The van der Waals surface area contributed by atoms with Crippen LogP contribution in [-0.2, 0) is 25.0 Å². The van der Waals surface area contributed by atoms with Crippen LogP contribution in [0.1, 0.15) is 71.1 Å². The van der Waals surface area contributed by atoms with E-state index in [9.17, 15) is 19.6 Å². The number of rotatable bonds is 1. The van der Waals surface area contributed by atoms with Crippen LogP contribution in [0.4, 0.5) is 13.6 Å². The lowest BCUT2D eigenvalue weighted by atomic mass is 9.85. The van der Waals surface area contributed by atoms with Gasteiger partial charge in [0.15, 0.2) is 5.69 Å². The zero-order valence-electron chi connectivity index (χ0n) is 26.6. The molecule has 0 radical (unpaired) electrons. The summed E-state index contributed by atoms with van der Waals surface area (Å²) in [6, 6.07) is 4.12. The maximum Gasteiger partial charge on any atom is 0.408 e. The summed E-state index contributed by atoms with van der Waals surface area (Å²) in [6.45, 7) is 7.20. The summed E-state index contributed by atoms with van der Waals surface area (Å²) in [5.41, 5.74) is -0.933. The van der Waals surface area contributed by atoms with Crippen LogP contribution in [0.2, 0.25) is 0 Å². The van der Waals surface area contributed by atoms with Gasteiger partial charge in [-0.05, 0) is 67.2 Å². The molecule has 11 nitrogen and oxygen atoms in total. The zero-order chi connectivity index (χ0) is 33.4. The van der Waals surface area contributed by atoms with E-state index in [1.165, 1.54) is 36.3 Å². The van der Waals surface area contributed by atoms with Gasteiger partial charge in [-0.15, -0.1) is 0 Å². The van der Waals surface area contributed by atoms with Crippen molar-refractivity contribution >= 4 is 29.0 Å². The summed E-state index contributed by atoms with van der Waals surface area (Å²) in [4.78, 5) is 50.0. The number of ether oxygens (including phenoxy) is 3. The Morgan fingerprint density at radius 1 is 1.15 bits per heavy atom. The lowest BCUT2D eigenvalue weighted by Gasteiger charge is -2.35. The van der Waals surface area contributed by atoms with E-state index in [0.717, 1.165) is 12.5 Å². The molecule has 46 heavy (non-hydrogen) atoms. The Bertz CT molecular complexity index is 1580. The monoisotopic (exact) mass is 639 g/mol. The number of nitrogens with zero attached hydrogens (tertiary/aromatic N) is 4. The van der Waals surface area contributed by atoms with Crippen molar-refractivity contribution < 1.29 is 37.4 Å². The van der Waals surface area contributed by atoms with E-state index in [-0.39, 0.29) is 41.4 Å². The van der Waals surface area contributed by atoms with E-state index in [4.69, 9.17) is 14.2 Å². The number of alkyl carbamates (subject to hydrolysis) is 1. The molecule has 1 saturated carbocycles. The highest BCUT2D eigenvalue weighted by Crippen LogP contribution is 2.39. The molecule has 1 aliphatic carbocycles. The second kappa shape index (κ2) is 12.8. The summed E-state index contributed by atoms with van der Waals surface area (Å²) in [7, 11) is 1.18. The van der Waals surface area contributed by atoms with Gasteiger partial charge in [-0.1, -0.05) is 33.8 Å². The van der Waals surface area contributed by atoms with Crippen LogP contribution in [0.15, 0.2) is 30.4 Å². The quantitative estimate of drug-likeness (QED) is 0.336. The van der Waals surface area contributed by atoms with Crippen LogP contribution in [-0.4, -0.2) is 70.8 Å². The number of methoxy groups -OCH3 is 1. The lowest BCUT2D eigenvalue weighted by Crippen LogP contribution is -2.57. The Morgan fingerprint density at radius 3 is 2.61 bits per heavy atom. The predicted octanol–water partition coefficient (Wildman–Crippen LogP) is 5.02. The Hall–Kier alpha value is -4.34. The SMILES string of the molecule is COC(=O)[C@@H]1C[C@@H]2CN1C(=O)C(C(C)(C)C)NC(=O)O[C@@H]1C[C@H](C)C[C@H]1CC/C=C/C(F)(F)c1nc3ccc(C#N)cc3nc1O2. The average molecular weight is 640 g/mol. The third-order valence-electron chi connectivity index (χ3n) is 8.90. The summed E-state index contributed by atoms with van der Waals surface area (Å²) in [5.74, 6) is -5.15. The largest absolute Gasteiger partial charge is 0.471 e. The fourth-order valence-corrected chi connectivity index (χ4v) is 6.58. The summed E-state index contributed by atoms with van der Waals surface area (Å²) in [6.07, 6.45) is 2.11. The van der Waals surface area contributed by atoms with Crippen LogP contribution >= 0.6 is 0 Å². The molecular weight excluding hydrogens is 600 g/mol. The maximum atomic E-state index is 15.9. The van der Waals surface area contributed by atoms with Crippen LogP contribution in [0.5, 0.6) is 5.88 Å². The molecule has 3 aliphatic rings. The van der Waals surface area contributed by atoms with Crippen molar-refractivity contribution in [3.63, 3.8) is 0 Å². The van der Waals surface area contributed by atoms with Gasteiger partial charge in [0.25, 0.3) is 0 Å². The van der Waals surface area contributed by atoms with Crippen molar-refractivity contribution in [2.24, 2.45) is 17.3 Å². The van der Waals surface area contributed by atoms with Crippen molar-refractivity contribution in [1.29, 1.82) is 5.26 Å². The van der Waals surface area contributed by atoms with Crippen molar-refractivity contribution in [1.82, 2.24) is 20.2 Å². The highest BCUT2D eigenvalue weighted by atomic mass is 19.3. The number of hydrogen-bond acceptors (Lipinski definition) is 9. The summed E-state index contributed by atoms with van der Waals surface area (Å²) in [5, 5.41) is 12.1. The number of carbonyl (C=O) groups is 3. The first-order valence-corrected chi connectivity index (χ1v) is 15.5. The number of amides is 2. The molecule has 2 aromatic rings. The first-order chi connectivity index (χ1) is 21.7. The number of aromatic nitrogens is 2. The molecule has 1 aromatic heterocycles. The van der Waals surface area contributed by atoms with Gasteiger partial charge < -0.3 is 24.4 Å². The van der Waals surface area contributed by atoms with E-state index < -0.39 is 65.2 Å². The van der Waals surface area contributed by atoms with Gasteiger partial charge in [-0.25, -0.2) is 19.6 Å². The van der Waals surface area contributed by atoms with Crippen LogP contribution in [0, 0.1) is 28.6 Å². The highest BCUT2D eigenvalue weighted by Gasteiger charge is 2.48. The number of benzene rings is 1. The number of fused-ring (bicyclic) bond motifs is 5. The molecule has 1 N–H and O–H groups in total. The molecule has 2 bridgehead atoms. The number of nitrogens with one attached hydrogen (secondary N) is 1. The number of nitriles is 1. The van der Waals surface area contributed by atoms with Gasteiger partial charge in [-0.3, -0.25) is 4.79 Å². The Kier molecular flexibility index (Phi) is 9.20. The first-order valence-electron chi connectivity index (χ1n) is 15.5. The van der Waals surface area contributed by atoms with Gasteiger partial charge in [-0.2, -0.15) is 14.0 Å². The number of esters is 1. The third kappa shape index (κ3) is 6.90. The third-order valence-corrected chi connectivity index (χ3v) is 8.90. The maximum absolute atomic E-state index is 15.9. The normalized spacial score (nSPS) is 29.2. The fraction of sp³-hybridized carbons (Fsp3) is 0.576. The minimum absolute atomic E-state index is 0.0570. The molecule has 2 aliphatic heterocycles. The predicted molar refractivity (Wildman–Crippen MR) is 162 cm³/mol. The number of hydrogen-bond donors (Lipinski definition) is 1. The second-order valence-electron chi connectivity index (χ2n) is 13.5. The molecule has 1 saturated heterocycles. The van der Waals surface area contributed by atoms with Crippen molar-refractivity contribution in [3.05, 3.63) is 41.6 Å². The van der Waals surface area contributed by atoms with Gasteiger partial charge in [0.05, 0.1) is 36.3 Å². The van der Waals surface area contributed by atoms with Gasteiger partial charge >= 0.3 is 18.0 Å². The Balaban J connectivity index is 1.59. The zero-order valence-corrected chi connectivity index (χ0v) is 26.6. The number of alkyl halides is 2. The van der Waals surface area contributed by atoms with E-state index in [0.29, 0.717) is 19.3 Å². The smallest absolute Gasteiger partial charge is 0.408 e. The Morgan fingerprint density at radius 2 is 1.91 bits per heavy atom. The van der Waals surface area contributed by atoms with Crippen molar-refractivity contribution in [3.8, 4) is 11.9 Å². The number of allylic oxidation sites excluding steroid dienone is 2. The molecule has 2 amide bonds. The van der Waals surface area contributed by atoms with Crippen LogP contribution in [0.3, 0.4) is 0 Å². The molecule has 246 valence electrons. The van der Waals surface area contributed by atoms with E-state index in [1.54, 1.807) is 20.8 Å². The fourth-order valence-electron chi connectivity index (χ4n) is 6.58. The second-order valence-corrected chi connectivity index (χ2v) is 13.5. The number of carbonyl (C=O) groups excluding carboxylic acids is 3. The molecular formula is C33H39F2N5O6. The van der Waals surface area contributed by atoms with Gasteiger partial charge in [0.1, 0.15) is 24.3 Å². The molecule has 0 spiro atoms. The molecule has 3 heterocycles. The topological polar surface area (TPSA) is 144 Å². The minimum Gasteiger partial charge on any atom is -0.471 e. The summed E-state index contributed by atoms with van der Waals surface area (Å²) < 4.78 is 48.7. The van der Waals surface area contributed by atoms with Gasteiger partial charge in [0.2, 0.25) is 11.8 Å². The molecule has 5 rings (SSSR count). The van der Waals surface area contributed by atoms with Crippen LogP contribution < -0.4 is 10.1 Å². The first kappa shape index (κ1) is 33.0. The number of halogens is 2. The summed E-state index contributed by atoms with van der Waals surface area (Å²) >= 11 is 0. The average Bonchev–Trinajstić information content (AvgIpc) is 3.58. The van der Waals surface area contributed by atoms with Crippen molar-refractivity contribution in [2.75, 3.05) is 13.7 Å². The minimum atomic E-state index is -3.60. The van der Waals surface area contributed by atoms with Crippen LogP contribution in [0.25, 0.3) is 11.0 Å². The van der Waals surface area contributed by atoms with E-state index in [1.807, 2.05) is 13.0 Å². The van der Waals surface area contributed by atoms with E-state index in [2.05, 4.69) is 15.3 Å². The standard InChI is InChI=1S/C33H39F2N5O6/c1-18-12-20-8-6-7-11-33(34,35)26-28(38-23-14-19(16-36)9-10-22(23)37-26)45-21-15-24(30(42)44-5)40(17-21)29(41)27(32(2,3)4)39-31(43)46-25(20)13-18/h7,9-11,14,18,20-21,24-25,27H,6,8,12-13,15,17H2,1-5H3,(H,39,43)/b11-7+/t18-,20-,21-,24+,25-,27?/m1/s1. The molecule has 1 unspecified atom stereocenters.